The maximum atomic E-state index is 12.3. The fourth-order valence-electron chi connectivity index (χ4n) is 2.02. The second-order valence-electron chi connectivity index (χ2n) is 4.62. The molecule has 0 aliphatic heterocycles. The highest BCUT2D eigenvalue weighted by Crippen LogP contribution is 2.21. The molecule has 1 amide bonds. The lowest BCUT2D eigenvalue weighted by Crippen LogP contribution is -2.15. The van der Waals surface area contributed by atoms with Gasteiger partial charge < -0.3 is 9.84 Å². The van der Waals surface area contributed by atoms with Crippen LogP contribution in [0.2, 0.25) is 0 Å². The molecule has 0 saturated heterocycles. The highest BCUT2D eigenvalue weighted by molar-refractivity contribution is 6.06. The molecule has 4 nitrogen and oxygen atoms in total. The molecular formula is C15H18N2O2. The summed E-state index contributed by atoms with van der Waals surface area (Å²) < 4.78 is 5.09. The SMILES string of the molecule is CCc1noc(C)c1C(=O)Nc1cccc(C)c1C. The molecule has 0 spiro atoms. The second kappa shape index (κ2) is 5.26. The summed E-state index contributed by atoms with van der Waals surface area (Å²) in [5.74, 6) is 0.393. The highest BCUT2D eigenvalue weighted by atomic mass is 16.5. The summed E-state index contributed by atoms with van der Waals surface area (Å²) in [6, 6.07) is 5.85. The van der Waals surface area contributed by atoms with Crippen molar-refractivity contribution < 1.29 is 9.32 Å². The molecular weight excluding hydrogens is 240 g/mol. The zero-order valence-electron chi connectivity index (χ0n) is 11.7. The van der Waals surface area contributed by atoms with Gasteiger partial charge in [-0.25, -0.2) is 0 Å². The number of hydrogen-bond acceptors (Lipinski definition) is 3. The van der Waals surface area contributed by atoms with Gasteiger partial charge in [0.15, 0.2) is 0 Å². The van der Waals surface area contributed by atoms with Crippen LogP contribution in [0.1, 0.15) is 39.9 Å². The van der Waals surface area contributed by atoms with Crippen LogP contribution in [0.4, 0.5) is 5.69 Å². The number of rotatable bonds is 3. The van der Waals surface area contributed by atoms with Crippen molar-refractivity contribution in [3.8, 4) is 0 Å². The molecule has 2 aromatic rings. The second-order valence-corrected chi connectivity index (χ2v) is 4.62. The average Bonchev–Trinajstić information content (AvgIpc) is 2.76. The maximum absolute atomic E-state index is 12.3. The molecule has 1 aromatic carbocycles. The molecule has 0 fully saturated rings. The quantitative estimate of drug-likeness (QED) is 0.917. The van der Waals surface area contributed by atoms with Gasteiger partial charge in [0.2, 0.25) is 0 Å². The molecule has 0 atom stereocenters. The van der Waals surface area contributed by atoms with Crippen LogP contribution in [-0.2, 0) is 6.42 Å². The number of aryl methyl sites for hydroxylation is 3. The Labute approximate surface area is 112 Å². The zero-order chi connectivity index (χ0) is 14.0. The number of benzene rings is 1. The monoisotopic (exact) mass is 258 g/mol. The fourth-order valence-corrected chi connectivity index (χ4v) is 2.02. The van der Waals surface area contributed by atoms with Crippen LogP contribution in [0.15, 0.2) is 22.7 Å². The Kier molecular flexibility index (Phi) is 3.69. The van der Waals surface area contributed by atoms with E-state index in [-0.39, 0.29) is 5.91 Å². The molecule has 0 bridgehead atoms. The topological polar surface area (TPSA) is 55.1 Å². The maximum Gasteiger partial charge on any atom is 0.261 e. The molecule has 0 saturated carbocycles. The lowest BCUT2D eigenvalue weighted by atomic mass is 10.1. The van der Waals surface area contributed by atoms with Crippen molar-refractivity contribution in [1.29, 1.82) is 0 Å². The number of amides is 1. The molecule has 2 rings (SSSR count). The number of carbonyl (C=O) groups excluding carboxylic acids is 1. The Morgan fingerprint density at radius 1 is 1.32 bits per heavy atom. The molecule has 19 heavy (non-hydrogen) atoms. The summed E-state index contributed by atoms with van der Waals surface area (Å²) in [6.07, 6.45) is 0.674. The van der Waals surface area contributed by atoms with Crippen LogP contribution in [0, 0.1) is 20.8 Å². The first kappa shape index (κ1) is 13.3. The van der Waals surface area contributed by atoms with E-state index in [0.717, 1.165) is 16.8 Å². The molecule has 1 N–H and O–H groups in total. The van der Waals surface area contributed by atoms with Gasteiger partial charge in [-0.2, -0.15) is 0 Å². The Morgan fingerprint density at radius 3 is 2.74 bits per heavy atom. The van der Waals surface area contributed by atoms with Gasteiger partial charge in [-0.05, 0) is 44.4 Å². The van der Waals surface area contributed by atoms with Gasteiger partial charge in [-0.15, -0.1) is 0 Å². The Hall–Kier alpha value is -2.10. The Balaban J connectivity index is 2.31. The van der Waals surface area contributed by atoms with Gasteiger partial charge in [0, 0.05) is 5.69 Å². The summed E-state index contributed by atoms with van der Waals surface area (Å²) in [4.78, 5) is 12.3. The predicted molar refractivity (Wildman–Crippen MR) is 74.5 cm³/mol. The van der Waals surface area contributed by atoms with Gasteiger partial charge in [-0.1, -0.05) is 24.2 Å². The predicted octanol–water partition coefficient (Wildman–Crippen LogP) is 3.41. The number of anilines is 1. The minimum atomic E-state index is -0.163. The third-order valence-corrected chi connectivity index (χ3v) is 3.35. The Bertz CT molecular complexity index is 615. The van der Waals surface area contributed by atoms with Crippen molar-refractivity contribution in [2.75, 3.05) is 5.32 Å². The van der Waals surface area contributed by atoms with E-state index in [1.807, 2.05) is 39.0 Å². The molecule has 0 aliphatic carbocycles. The van der Waals surface area contributed by atoms with Crippen LogP contribution in [-0.4, -0.2) is 11.1 Å². The van der Waals surface area contributed by atoms with E-state index in [1.54, 1.807) is 6.92 Å². The molecule has 0 unspecified atom stereocenters. The van der Waals surface area contributed by atoms with Crippen molar-refractivity contribution in [3.63, 3.8) is 0 Å². The molecule has 0 aliphatic rings. The normalized spacial score (nSPS) is 10.5. The van der Waals surface area contributed by atoms with Gasteiger partial charge in [0.1, 0.15) is 11.3 Å². The minimum Gasteiger partial charge on any atom is -0.361 e. The van der Waals surface area contributed by atoms with E-state index in [9.17, 15) is 4.79 Å². The third kappa shape index (κ3) is 2.52. The summed E-state index contributed by atoms with van der Waals surface area (Å²) >= 11 is 0. The van der Waals surface area contributed by atoms with Crippen molar-refractivity contribution in [1.82, 2.24) is 5.16 Å². The summed E-state index contributed by atoms with van der Waals surface area (Å²) in [5.41, 5.74) is 4.29. The average molecular weight is 258 g/mol. The molecule has 1 heterocycles. The molecule has 100 valence electrons. The highest BCUT2D eigenvalue weighted by Gasteiger charge is 2.19. The van der Waals surface area contributed by atoms with Crippen molar-refractivity contribution >= 4 is 11.6 Å². The van der Waals surface area contributed by atoms with Crippen LogP contribution in [0.3, 0.4) is 0 Å². The third-order valence-electron chi connectivity index (χ3n) is 3.35. The first-order chi connectivity index (χ1) is 9.04. The van der Waals surface area contributed by atoms with Crippen LogP contribution in [0.25, 0.3) is 0 Å². The van der Waals surface area contributed by atoms with Gasteiger partial charge in [-0.3, -0.25) is 4.79 Å². The molecule has 0 radical (unpaired) electrons. The van der Waals surface area contributed by atoms with Gasteiger partial charge in [0.05, 0.1) is 5.69 Å². The number of nitrogens with zero attached hydrogens (tertiary/aromatic N) is 1. The van der Waals surface area contributed by atoms with Crippen LogP contribution in [0.5, 0.6) is 0 Å². The number of carbonyl (C=O) groups is 1. The number of hydrogen-bond donors (Lipinski definition) is 1. The van der Waals surface area contributed by atoms with E-state index >= 15 is 0 Å². The summed E-state index contributed by atoms with van der Waals surface area (Å²) in [7, 11) is 0. The fraction of sp³-hybridized carbons (Fsp3) is 0.333. The van der Waals surface area contributed by atoms with Gasteiger partial charge in [0.25, 0.3) is 5.91 Å². The first-order valence-electron chi connectivity index (χ1n) is 6.37. The lowest BCUT2D eigenvalue weighted by molar-refractivity contribution is 0.102. The van der Waals surface area contributed by atoms with E-state index in [4.69, 9.17) is 4.52 Å². The van der Waals surface area contributed by atoms with Crippen LogP contribution >= 0.6 is 0 Å². The van der Waals surface area contributed by atoms with Crippen molar-refractivity contribution in [2.45, 2.75) is 34.1 Å². The molecule has 1 aromatic heterocycles. The van der Waals surface area contributed by atoms with Crippen LogP contribution < -0.4 is 5.32 Å². The standard InChI is InChI=1S/C15H18N2O2/c1-5-12-14(11(4)19-17-12)15(18)16-13-8-6-7-9(2)10(13)3/h6-8H,5H2,1-4H3,(H,16,18). The zero-order valence-corrected chi connectivity index (χ0v) is 11.7. The van der Waals surface area contributed by atoms with Crippen molar-refractivity contribution in [2.24, 2.45) is 0 Å². The first-order valence-corrected chi connectivity index (χ1v) is 6.37. The molecule has 4 heteroatoms. The van der Waals surface area contributed by atoms with E-state index in [2.05, 4.69) is 10.5 Å². The number of nitrogens with one attached hydrogen (secondary N) is 1. The van der Waals surface area contributed by atoms with E-state index < -0.39 is 0 Å². The van der Waals surface area contributed by atoms with Gasteiger partial charge >= 0.3 is 0 Å². The van der Waals surface area contributed by atoms with E-state index in [1.165, 1.54) is 0 Å². The smallest absolute Gasteiger partial charge is 0.261 e. The number of aromatic nitrogens is 1. The minimum absolute atomic E-state index is 0.163. The Morgan fingerprint density at radius 2 is 2.05 bits per heavy atom. The summed E-state index contributed by atoms with van der Waals surface area (Å²) in [6.45, 7) is 7.72. The van der Waals surface area contributed by atoms with Crippen molar-refractivity contribution in [3.05, 3.63) is 46.3 Å². The van der Waals surface area contributed by atoms with E-state index in [0.29, 0.717) is 23.4 Å². The largest absolute Gasteiger partial charge is 0.361 e. The summed E-state index contributed by atoms with van der Waals surface area (Å²) in [5, 5.41) is 6.83. The lowest BCUT2D eigenvalue weighted by Gasteiger charge is -2.10.